The Kier molecular flexibility index (Phi) is 5.85. The predicted octanol–water partition coefficient (Wildman–Crippen LogP) is 6.33. The van der Waals surface area contributed by atoms with Crippen LogP contribution in [0.15, 0.2) is 5.18 Å². The molecule has 3 saturated carbocycles. The Morgan fingerprint density at radius 1 is 0.867 bits per heavy atom. The fourth-order valence-corrected chi connectivity index (χ4v) is 15.9. The normalized spacial score (nSPS) is 55.1. The first-order valence-corrected chi connectivity index (χ1v) is 16.6. The van der Waals surface area contributed by atoms with Crippen molar-refractivity contribution in [3.8, 4) is 0 Å². The van der Waals surface area contributed by atoms with Gasteiger partial charge in [0, 0.05) is 15.3 Å². The summed E-state index contributed by atoms with van der Waals surface area (Å²) in [6.07, 6.45) is 7.77. The molecule has 0 spiro atoms. The van der Waals surface area contributed by atoms with Crippen molar-refractivity contribution in [3.63, 3.8) is 0 Å². The lowest BCUT2D eigenvalue weighted by Crippen LogP contribution is -2.69. The minimum absolute atomic E-state index is 0.0892. The van der Waals surface area contributed by atoms with Crippen LogP contribution in [0.4, 0.5) is 0 Å². The zero-order valence-corrected chi connectivity index (χ0v) is 23.6. The Labute approximate surface area is 202 Å². The molecule has 4 aliphatic rings. The molecule has 0 bridgehead atoms. The van der Waals surface area contributed by atoms with Crippen molar-refractivity contribution >= 4 is 50.5 Å². The summed E-state index contributed by atoms with van der Waals surface area (Å²) in [6.45, 7) is 12.0. The van der Waals surface area contributed by atoms with Gasteiger partial charge in [-0.15, -0.1) is 41.5 Å². The van der Waals surface area contributed by atoms with Gasteiger partial charge in [-0.1, -0.05) is 41.9 Å². The van der Waals surface area contributed by atoms with E-state index in [1.165, 1.54) is 19.3 Å². The largest absolute Gasteiger partial charge is 0.368 e. The molecule has 0 radical (unpaired) electrons. The van der Waals surface area contributed by atoms with E-state index in [0.29, 0.717) is 5.92 Å². The Bertz CT molecular complexity index is 774. The van der Waals surface area contributed by atoms with E-state index in [1.807, 2.05) is 0 Å². The summed E-state index contributed by atoms with van der Waals surface area (Å²) in [5.41, 5.74) is 0.00815. The molecule has 2 unspecified atom stereocenters. The van der Waals surface area contributed by atoms with Crippen molar-refractivity contribution in [2.24, 2.45) is 27.3 Å². The van der Waals surface area contributed by atoms with Gasteiger partial charge in [-0.05, 0) is 68.6 Å². The molecule has 172 valence electrons. The van der Waals surface area contributed by atoms with Gasteiger partial charge in [0.1, 0.15) is 0 Å². The van der Waals surface area contributed by atoms with Crippen LogP contribution in [0.2, 0.25) is 0 Å². The molecule has 8 atom stereocenters. The van der Waals surface area contributed by atoms with Crippen LogP contribution in [-0.4, -0.2) is 38.9 Å². The van der Waals surface area contributed by atoms with E-state index in [4.69, 9.17) is 4.74 Å². The van der Waals surface area contributed by atoms with Gasteiger partial charge in [-0.2, -0.15) is 4.91 Å². The van der Waals surface area contributed by atoms with Crippen molar-refractivity contribution in [1.29, 1.82) is 0 Å². The number of nitrogens with zero attached hydrogens (tertiary/aromatic N) is 1. The van der Waals surface area contributed by atoms with Crippen LogP contribution in [0.5, 0.6) is 0 Å². The number of nitroso groups, excluding NO2 is 1. The molecule has 4 nitrogen and oxygen atoms in total. The van der Waals surface area contributed by atoms with Crippen molar-refractivity contribution in [2.45, 2.75) is 111 Å². The van der Waals surface area contributed by atoms with Crippen LogP contribution in [0.3, 0.4) is 0 Å². The van der Waals surface area contributed by atoms with E-state index in [1.54, 1.807) is 0 Å². The molecule has 0 aromatic carbocycles. The standard InChI is InChI=1S/C24H39I2NO3/c1-19(2)17(27-29)9-11-20(3)16-8-13-24(26-7,22(5)12-10-18(28)30-22)21(16,4)14-15-23(19,20)25-6/h16-18,28H,6-15H2,1-5H3/t16?,17-,18?,20+,21+,22-,23+,24+/m0/s1. The van der Waals surface area contributed by atoms with Crippen molar-refractivity contribution in [3.05, 3.63) is 4.91 Å². The summed E-state index contributed by atoms with van der Waals surface area (Å²) in [6, 6.07) is -0.0892. The molecular formula is C24H39I2NO3. The van der Waals surface area contributed by atoms with Gasteiger partial charge in [0.05, 0.1) is 15.1 Å². The highest BCUT2D eigenvalue weighted by Crippen LogP contribution is 2.79. The quantitative estimate of drug-likeness (QED) is 0.222. The number of fused-ring (bicyclic) bond motifs is 3. The van der Waals surface area contributed by atoms with E-state index in [9.17, 15) is 10.0 Å². The molecule has 0 aromatic rings. The third kappa shape index (κ3) is 2.57. The molecule has 1 N–H and O–H groups in total. The average Bonchev–Trinajstić information content (AvgIpc) is 3.20. The third-order valence-electron chi connectivity index (χ3n) is 10.6. The molecule has 0 amide bonds. The summed E-state index contributed by atoms with van der Waals surface area (Å²) in [5.74, 6) is 0.603. The molecule has 0 aromatic heterocycles. The van der Waals surface area contributed by atoms with Crippen LogP contribution in [-0.2, 0) is 4.74 Å². The molecule has 1 heterocycles. The second-order valence-electron chi connectivity index (χ2n) is 11.5. The highest BCUT2D eigenvalue weighted by Gasteiger charge is 2.76. The van der Waals surface area contributed by atoms with Gasteiger partial charge in [0.25, 0.3) is 0 Å². The molecule has 6 heteroatoms. The molecule has 30 heavy (non-hydrogen) atoms. The smallest absolute Gasteiger partial charge is 0.155 e. The zero-order valence-electron chi connectivity index (χ0n) is 19.3. The van der Waals surface area contributed by atoms with Crippen LogP contribution >= 0.6 is 41.5 Å². The van der Waals surface area contributed by atoms with Gasteiger partial charge < -0.3 is 9.84 Å². The van der Waals surface area contributed by atoms with E-state index >= 15 is 0 Å². The van der Waals surface area contributed by atoms with Crippen LogP contribution in [0, 0.1) is 27.1 Å². The van der Waals surface area contributed by atoms with E-state index in [2.05, 4.69) is 48.8 Å². The second kappa shape index (κ2) is 7.36. The van der Waals surface area contributed by atoms with Crippen LogP contribution in [0.25, 0.3) is 0 Å². The number of ether oxygens (including phenoxy) is 1. The monoisotopic (exact) mass is 643 g/mol. The lowest BCUT2D eigenvalue weighted by molar-refractivity contribution is -0.167. The Balaban J connectivity index is 1.84. The number of rotatable bonds is 4. The molecule has 3 aliphatic carbocycles. The summed E-state index contributed by atoms with van der Waals surface area (Å²) in [4.78, 5) is 11.8. The molecular weight excluding hydrogens is 604 g/mol. The fourth-order valence-electron chi connectivity index (χ4n) is 9.02. The maximum atomic E-state index is 11.8. The average molecular weight is 643 g/mol. The SMILES string of the molecule is C=I[C@]1([C@]2(C)CCC(O)O2)CCC2[C@@]1(C)CC[C@@]1(I=C)C(C)(C)[C@@H](N=O)CC[C@]21C. The number of hydrogen-bond donors (Lipinski definition) is 1. The predicted molar refractivity (Wildman–Crippen MR) is 143 cm³/mol. The first kappa shape index (κ1) is 23.9. The summed E-state index contributed by atoms with van der Waals surface area (Å²) in [7, 11) is 0. The minimum atomic E-state index is -0.623. The van der Waals surface area contributed by atoms with E-state index in [-0.39, 0.29) is 76.2 Å². The van der Waals surface area contributed by atoms with Gasteiger partial charge in [-0.3, -0.25) is 0 Å². The van der Waals surface area contributed by atoms with E-state index in [0.717, 1.165) is 32.1 Å². The lowest BCUT2D eigenvalue weighted by Gasteiger charge is -2.69. The Morgan fingerprint density at radius 3 is 2.03 bits per heavy atom. The summed E-state index contributed by atoms with van der Waals surface area (Å²) in [5, 5.41) is 13.9. The molecule has 4 rings (SSSR count). The molecule has 1 saturated heterocycles. The summed E-state index contributed by atoms with van der Waals surface area (Å²) >= 11 is -0.638. The number of halogens is 2. The number of hydrogen-bond acceptors (Lipinski definition) is 4. The second-order valence-corrected chi connectivity index (χ2v) is 16.7. The Morgan fingerprint density at radius 2 is 1.50 bits per heavy atom. The van der Waals surface area contributed by atoms with Crippen molar-refractivity contribution in [1.82, 2.24) is 0 Å². The maximum Gasteiger partial charge on any atom is 0.155 e. The first-order valence-electron chi connectivity index (χ1n) is 11.4. The highest BCUT2D eigenvalue weighted by molar-refractivity contribution is 14.2. The number of aliphatic hydroxyl groups is 1. The first-order chi connectivity index (χ1) is 13.9. The number of alkyl halides is 2. The van der Waals surface area contributed by atoms with Gasteiger partial charge in [0.15, 0.2) is 6.29 Å². The van der Waals surface area contributed by atoms with Crippen LogP contribution < -0.4 is 0 Å². The minimum Gasteiger partial charge on any atom is -0.368 e. The molecule has 1 aliphatic heterocycles. The van der Waals surface area contributed by atoms with Crippen molar-refractivity contribution in [2.75, 3.05) is 0 Å². The number of aliphatic hydroxyl groups excluding tert-OH is 1. The summed E-state index contributed by atoms with van der Waals surface area (Å²) < 4.78 is 15.7. The zero-order chi connectivity index (χ0) is 22.2. The Hall–Kier alpha value is 0.720. The highest BCUT2D eigenvalue weighted by atomic mass is 127. The van der Waals surface area contributed by atoms with E-state index < -0.39 is 6.29 Å². The topological polar surface area (TPSA) is 58.9 Å². The lowest BCUT2D eigenvalue weighted by atomic mass is 9.42. The van der Waals surface area contributed by atoms with Crippen LogP contribution in [0.1, 0.15) is 86.0 Å². The third-order valence-corrected chi connectivity index (χ3v) is 19.3. The molecule has 4 fully saturated rings. The maximum absolute atomic E-state index is 11.8. The van der Waals surface area contributed by atoms with Gasteiger partial charge in [-0.25, -0.2) is 0 Å². The van der Waals surface area contributed by atoms with Gasteiger partial charge in [0.2, 0.25) is 0 Å². The fraction of sp³-hybridized carbons (Fsp3) is 0.917. The van der Waals surface area contributed by atoms with Crippen molar-refractivity contribution < 1.29 is 9.84 Å². The van der Waals surface area contributed by atoms with Gasteiger partial charge >= 0.3 is 0 Å².